The molecule has 0 saturated heterocycles. The molecule has 0 radical (unpaired) electrons. The molecule has 5 heteroatoms. The van der Waals surface area contributed by atoms with Crippen molar-refractivity contribution in [3.8, 4) is 0 Å². The van der Waals surface area contributed by atoms with E-state index in [4.69, 9.17) is 4.74 Å². The molecule has 0 saturated carbocycles. The number of hydrogen-bond acceptors (Lipinski definition) is 4. The van der Waals surface area contributed by atoms with Gasteiger partial charge < -0.3 is 4.74 Å². The molecular weight excluding hydrogens is 304 g/mol. The van der Waals surface area contributed by atoms with Gasteiger partial charge in [-0.25, -0.2) is 9.78 Å². The second-order valence-corrected chi connectivity index (χ2v) is 5.57. The van der Waals surface area contributed by atoms with Crippen molar-refractivity contribution in [1.29, 1.82) is 0 Å². The lowest BCUT2D eigenvalue weighted by Crippen LogP contribution is -2.21. The van der Waals surface area contributed by atoms with Crippen LogP contribution in [0.5, 0.6) is 0 Å². The summed E-state index contributed by atoms with van der Waals surface area (Å²) in [5, 5.41) is 0.702. The molecule has 3 aromatic rings. The highest BCUT2D eigenvalue weighted by Gasteiger charge is 2.29. The lowest BCUT2D eigenvalue weighted by molar-refractivity contribution is -0.116. The average molecular weight is 318 g/mol. The number of methoxy groups -OCH3 is 1. The fourth-order valence-electron chi connectivity index (χ4n) is 3.06. The third-order valence-corrected chi connectivity index (χ3v) is 4.18. The van der Waals surface area contributed by atoms with Crippen LogP contribution < -0.4 is 4.90 Å². The highest BCUT2D eigenvalue weighted by Crippen LogP contribution is 2.35. The van der Waals surface area contributed by atoms with Crippen molar-refractivity contribution in [3.05, 3.63) is 65.7 Å². The van der Waals surface area contributed by atoms with Gasteiger partial charge in [0.2, 0.25) is 5.91 Å². The molecule has 1 aliphatic rings. The van der Waals surface area contributed by atoms with Gasteiger partial charge in [-0.15, -0.1) is 0 Å². The van der Waals surface area contributed by atoms with E-state index in [1.807, 2.05) is 30.3 Å². The van der Waals surface area contributed by atoms with Gasteiger partial charge in [-0.1, -0.05) is 24.3 Å². The van der Waals surface area contributed by atoms with Crippen LogP contribution in [0.3, 0.4) is 0 Å². The summed E-state index contributed by atoms with van der Waals surface area (Å²) in [6.45, 7) is 0. The molecule has 0 N–H and O–H groups in total. The Kier molecular flexibility index (Phi) is 3.27. The number of carbonyl (C=O) groups excluding carboxylic acids is 2. The number of amides is 1. The van der Waals surface area contributed by atoms with E-state index in [2.05, 4.69) is 4.98 Å². The Morgan fingerprint density at radius 1 is 1.08 bits per heavy atom. The highest BCUT2D eigenvalue weighted by molar-refractivity contribution is 6.08. The Bertz CT molecular complexity index is 981. The first-order chi connectivity index (χ1) is 11.7. The van der Waals surface area contributed by atoms with E-state index in [1.54, 1.807) is 29.2 Å². The normalized spacial score (nSPS) is 13.2. The quantitative estimate of drug-likeness (QED) is 0.681. The summed E-state index contributed by atoms with van der Waals surface area (Å²) in [5.41, 5.74) is 2.96. The van der Waals surface area contributed by atoms with Crippen molar-refractivity contribution in [2.45, 2.75) is 6.42 Å². The molecule has 0 fully saturated rings. The van der Waals surface area contributed by atoms with Crippen LogP contribution in [0.15, 0.2) is 54.6 Å². The molecular formula is C19H14N2O3. The number of hydrogen-bond donors (Lipinski definition) is 0. The van der Waals surface area contributed by atoms with Crippen LogP contribution in [0, 0.1) is 0 Å². The zero-order chi connectivity index (χ0) is 16.7. The third kappa shape index (κ3) is 2.13. The summed E-state index contributed by atoms with van der Waals surface area (Å²) in [7, 11) is 1.35. The fourth-order valence-corrected chi connectivity index (χ4v) is 3.06. The van der Waals surface area contributed by atoms with Crippen molar-refractivity contribution in [2.75, 3.05) is 12.0 Å². The molecule has 0 atom stereocenters. The first-order valence-corrected chi connectivity index (χ1v) is 7.58. The van der Waals surface area contributed by atoms with Crippen LogP contribution >= 0.6 is 0 Å². The number of fused-ring (bicyclic) bond motifs is 2. The summed E-state index contributed by atoms with van der Waals surface area (Å²) in [4.78, 5) is 30.5. The van der Waals surface area contributed by atoms with Crippen molar-refractivity contribution in [1.82, 2.24) is 4.98 Å². The molecule has 5 nitrogen and oxygen atoms in total. The Labute approximate surface area is 138 Å². The minimum absolute atomic E-state index is 0.00725. The predicted molar refractivity (Wildman–Crippen MR) is 90.4 cm³/mol. The highest BCUT2D eigenvalue weighted by atomic mass is 16.5. The van der Waals surface area contributed by atoms with Crippen LogP contribution in [0.1, 0.15) is 15.9 Å². The van der Waals surface area contributed by atoms with Gasteiger partial charge >= 0.3 is 5.97 Å². The number of carbonyl (C=O) groups is 2. The van der Waals surface area contributed by atoms with Gasteiger partial charge in [0.15, 0.2) is 0 Å². The van der Waals surface area contributed by atoms with Crippen molar-refractivity contribution < 1.29 is 14.3 Å². The predicted octanol–water partition coefficient (Wildman–Crippen LogP) is 3.24. The van der Waals surface area contributed by atoms with Crippen LogP contribution in [0.25, 0.3) is 10.9 Å². The van der Waals surface area contributed by atoms with Gasteiger partial charge in [0.05, 0.1) is 30.3 Å². The lowest BCUT2D eigenvalue weighted by Gasteiger charge is -2.17. The minimum atomic E-state index is -0.405. The molecule has 1 aromatic heterocycles. The monoisotopic (exact) mass is 318 g/mol. The Morgan fingerprint density at radius 2 is 1.92 bits per heavy atom. The lowest BCUT2D eigenvalue weighted by atomic mass is 10.1. The maximum atomic E-state index is 12.4. The number of ether oxygens (including phenoxy) is 1. The topological polar surface area (TPSA) is 59.5 Å². The van der Waals surface area contributed by atoms with E-state index in [0.29, 0.717) is 28.7 Å². The van der Waals surface area contributed by atoms with E-state index in [9.17, 15) is 9.59 Å². The van der Waals surface area contributed by atoms with Crippen LogP contribution in [-0.4, -0.2) is 24.0 Å². The van der Waals surface area contributed by atoms with Gasteiger partial charge in [0, 0.05) is 5.39 Å². The second kappa shape index (κ2) is 5.45. The number of anilines is 2. The minimum Gasteiger partial charge on any atom is -0.465 e. The Balaban J connectivity index is 1.85. The van der Waals surface area contributed by atoms with Gasteiger partial charge in [-0.05, 0) is 35.9 Å². The van der Waals surface area contributed by atoms with Gasteiger partial charge in [-0.2, -0.15) is 0 Å². The largest absolute Gasteiger partial charge is 0.465 e. The summed E-state index contributed by atoms with van der Waals surface area (Å²) in [6, 6.07) is 16.5. The number of aromatic nitrogens is 1. The Morgan fingerprint density at radius 3 is 2.75 bits per heavy atom. The fraction of sp³-hybridized carbons (Fsp3) is 0.105. The number of esters is 1. The molecule has 1 amide bonds. The molecule has 0 unspecified atom stereocenters. The van der Waals surface area contributed by atoms with E-state index in [0.717, 1.165) is 11.3 Å². The smallest absolute Gasteiger partial charge is 0.338 e. The maximum absolute atomic E-state index is 12.4. The van der Waals surface area contributed by atoms with Crippen molar-refractivity contribution >= 4 is 34.3 Å². The first-order valence-electron chi connectivity index (χ1n) is 7.58. The number of para-hydroxylation sites is 1. The zero-order valence-corrected chi connectivity index (χ0v) is 13.0. The summed E-state index contributed by atoms with van der Waals surface area (Å²) < 4.78 is 4.81. The molecule has 0 bridgehead atoms. The molecule has 2 aromatic carbocycles. The van der Waals surface area contributed by atoms with Crippen LogP contribution in [0.4, 0.5) is 11.5 Å². The van der Waals surface area contributed by atoms with E-state index >= 15 is 0 Å². The van der Waals surface area contributed by atoms with Crippen molar-refractivity contribution in [2.24, 2.45) is 0 Å². The molecule has 0 spiro atoms. The van der Waals surface area contributed by atoms with Crippen LogP contribution in [0.2, 0.25) is 0 Å². The van der Waals surface area contributed by atoms with Crippen LogP contribution in [-0.2, 0) is 16.0 Å². The molecule has 24 heavy (non-hydrogen) atoms. The number of rotatable bonds is 2. The molecule has 4 rings (SSSR count). The number of pyridine rings is 1. The summed E-state index contributed by atoms with van der Waals surface area (Å²) in [6.07, 6.45) is 0.373. The van der Waals surface area contributed by atoms with E-state index in [1.165, 1.54) is 7.11 Å². The number of nitrogens with zero attached hydrogens (tertiary/aromatic N) is 2. The molecule has 2 heterocycles. The summed E-state index contributed by atoms with van der Waals surface area (Å²) >= 11 is 0. The van der Waals surface area contributed by atoms with Gasteiger partial charge in [0.25, 0.3) is 0 Å². The number of benzene rings is 2. The van der Waals surface area contributed by atoms with E-state index < -0.39 is 5.97 Å². The standard InChI is InChI=1S/C19H14N2O3/c1-24-19(23)14-6-4-7-15-13(14)9-10-17(20-15)21-16-8-3-2-5-12(16)11-18(21)22/h2-10H,11H2,1H3. The SMILES string of the molecule is COC(=O)c1cccc2nc(N3C(=O)Cc4ccccc43)ccc12. The zero-order valence-electron chi connectivity index (χ0n) is 13.0. The molecule has 1 aliphatic heterocycles. The first kappa shape index (κ1) is 14.4. The molecule has 0 aliphatic carbocycles. The second-order valence-electron chi connectivity index (χ2n) is 5.57. The maximum Gasteiger partial charge on any atom is 0.338 e. The Hall–Kier alpha value is -3.21. The van der Waals surface area contributed by atoms with Gasteiger partial charge in [0.1, 0.15) is 5.82 Å². The average Bonchev–Trinajstić information content (AvgIpc) is 2.95. The third-order valence-electron chi connectivity index (χ3n) is 4.18. The van der Waals surface area contributed by atoms with Crippen molar-refractivity contribution in [3.63, 3.8) is 0 Å². The molecule has 118 valence electrons. The summed E-state index contributed by atoms with van der Waals surface area (Å²) in [5.74, 6) is 0.143. The van der Waals surface area contributed by atoms with Gasteiger partial charge in [-0.3, -0.25) is 9.69 Å². The van der Waals surface area contributed by atoms with E-state index in [-0.39, 0.29) is 5.91 Å².